The SMILES string of the molecule is O=C1C2C=CC(C(O)COCc3ccccc3)N(Nc3ccc([N+](=O)[O-])cc3)C2C(=O)N1c1ccccc1. The highest BCUT2D eigenvalue weighted by Crippen LogP contribution is 2.35. The Morgan fingerprint density at radius 2 is 1.58 bits per heavy atom. The quantitative estimate of drug-likeness (QED) is 0.193. The second-order valence-electron chi connectivity index (χ2n) is 9.08. The lowest BCUT2D eigenvalue weighted by atomic mass is 9.93. The molecular weight excluding hydrogens is 488 g/mol. The number of rotatable bonds is 9. The molecule has 0 spiro atoms. The minimum absolute atomic E-state index is 0.0235. The maximum Gasteiger partial charge on any atom is 0.269 e. The number of nitrogens with zero attached hydrogens (tertiary/aromatic N) is 3. The van der Waals surface area contributed by atoms with Crippen LogP contribution in [0.15, 0.2) is 97.1 Å². The maximum atomic E-state index is 13.6. The van der Waals surface area contributed by atoms with Crippen LogP contribution in [0.25, 0.3) is 0 Å². The minimum Gasteiger partial charge on any atom is -0.389 e. The number of amides is 2. The van der Waals surface area contributed by atoms with Crippen LogP contribution in [0.2, 0.25) is 0 Å². The summed E-state index contributed by atoms with van der Waals surface area (Å²) < 4.78 is 5.75. The molecule has 1 saturated heterocycles. The first kappa shape index (κ1) is 25.3. The molecule has 2 heterocycles. The van der Waals surface area contributed by atoms with E-state index in [1.54, 1.807) is 47.5 Å². The fourth-order valence-electron chi connectivity index (χ4n) is 4.74. The number of hydrogen-bond donors (Lipinski definition) is 2. The summed E-state index contributed by atoms with van der Waals surface area (Å²) in [6.07, 6.45) is 2.30. The van der Waals surface area contributed by atoms with Crippen molar-refractivity contribution >= 4 is 28.9 Å². The number of aliphatic hydroxyl groups excluding tert-OH is 1. The number of anilines is 2. The summed E-state index contributed by atoms with van der Waals surface area (Å²) in [5.74, 6) is -1.58. The Balaban J connectivity index is 1.41. The van der Waals surface area contributed by atoms with Crippen LogP contribution < -0.4 is 10.3 Å². The fourth-order valence-corrected chi connectivity index (χ4v) is 4.74. The number of fused-ring (bicyclic) bond motifs is 1. The van der Waals surface area contributed by atoms with Gasteiger partial charge in [-0.1, -0.05) is 60.7 Å². The lowest BCUT2D eigenvalue weighted by Gasteiger charge is -2.40. The van der Waals surface area contributed by atoms with Gasteiger partial charge in [0.1, 0.15) is 6.04 Å². The number of aliphatic hydroxyl groups is 1. The molecule has 2 amide bonds. The normalized spacial score (nSPS) is 21.8. The average Bonchev–Trinajstić information content (AvgIpc) is 3.19. The van der Waals surface area contributed by atoms with Gasteiger partial charge in [-0.05, 0) is 29.8 Å². The van der Waals surface area contributed by atoms with Crippen molar-refractivity contribution in [3.05, 3.63) is 113 Å². The van der Waals surface area contributed by atoms with E-state index in [1.807, 2.05) is 30.3 Å². The molecule has 1 fully saturated rings. The number of hydrogen-bond acceptors (Lipinski definition) is 8. The van der Waals surface area contributed by atoms with Gasteiger partial charge >= 0.3 is 0 Å². The Hall–Kier alpha value is -4.38. The Bertz CT molecular complexity index is 1330. The van der Waals surface area contributed by atoms with E-state index >= 15 is 0 Å². The Morgan fingerprint density at radius 3 is 2.24 bits per heavy atom. The van der Waals surface area contributed by atoms with Crippen LogP contribution in [0, 0.1) is 16.0 Å². The standard InChI is InChI=1S/C28H26N4O6/c33-25(18-38-17-19-7-3-1-4-8-19)24-16-15-23-26(28(35)30(27(23)34)21-9-5-2-6-10-21)31(24)29-20-11-13-22(14-12-20)32(36)37/h1-16,23-26,29,33H,17-18H2. The predicted octanol–water partition coefficient (Wildman–Crippen LogP) is 3.30. The molecule has 10 nitrogen and oxygen atoms in total. The smallest absolute Gasteiger partial charge is 0.269 e. The minimum atomic E-state index is -1.05. The van der Waals surface area contributed by atoms with Crippen molar-refractivity contribution in [2.45, 2.75) is 24.8 Å². The largest absolute Gasteiger partial charge is 0.389 e. The molecule has 194 valence electrons. The van der Waals surface area contributed by atoms with E-state index in [-0.39, 0.29) is 18.2 Å². The predicted molar refractivity (Wildman–Crippen MR) is 140 cm³/mol. The molecule has 2 aliphatic heterocycles. The van der Waals surface area contributed by atoms with Gasteiger partial charge in [-0.3, -0.25) is 19.7 Å². The summed E-state index contributed by atoms with van der Waals surface area (Å²) in [7, 11) is 0. The van der Waals surface area contributed by atoms with E-state index in [2.05, 4.69) is 5.43 Å². The lowest BCUT2D eigenvalue weighted by Crippen LogP contribution is -2.58. The van der Waals surface area contributed by atoms with E-state index in [1.165, 1.54) is 24.3 Å². The zero-order valence-electron chi connectivity index (χ0n) is 20.3. The number of nitrogens with one attached hydrogen (secondary N) is 1. The number of hydrazine groups is 1. The van der Waals surface area contributed by atoms with Crippen molar-refractivity contribution in [2.75, 3.05) is 16.9 Å². The molecule has 3 aromatic rings. The van der Waals surface area contributed by atoms with Crippen LogP contribution in [-0.2, 0) is 20.9 Å². The van der Waals surface area contributed by atoms with Crippen molar-refractivity contribution in [1.82, 2.24) is 5.01 Å². The number of carbonyl (C=O) groups is 2. The lowest BCUT2D eigenvalue weighted by molar-refractivity contribution is -0.384. The molecule has 2 N–H and O–H groups in total. The van der Waals surface area contributed by atoms with Gasteiger partial charge in [-0.25, -0.2) is 9.91 Å². The Kier molecular flexibility index (Phi) is 7.27. The zero-order valence-corrected chi connectivity index (χ0v) is 20.3. The van der Waals surface area contributed by atoms with E-state index in [0.29, 0.717) is 18.0 Å². The van der Waals surface area contributed by atoms with Crippen LogP contribution in [0.3, 0.4) is 0 Å². The van der Waals surface area contributed by atoms with Gasteiger partial charge in [0.05, 0.1) is 41.9 Å². The third-order valence-electron chi connectivity index (χ3n) is 6.60. The topological polar surface area (TPSA) is 125 Å². The molecule has 0 bridgehead atoms. The van der Waals surface area contributed by atoms with Gasteiger partial charge in [0.15, 0.2) is 0 Å². The van der Waals surface area contributed by atoms with Crippen molar-refractivity contribution in [1.29, 1.82) is 0 Å². The number of carbonyl (C=O) groups excluding carboxylic acids is 2. The molecule has 38 heavy (non-hydrogen) atoms. The molecule has 0 saturated carbocycles. The molecule has 0 radical (unpaired) electrons. The highest BCUT2D eigenvalue weighted by molar-refractivity contribution is 6.24. The first-order valence-corrected chi connectivity index (χ1v) is 12.1. The molecule has 5 rings (SSSR count). The molecule has 10 heteroatoms. The van der Waals surface area contributed by atoms with Gasteiger partial charge in [0, 0.05) is 17.8 Å². The first-order valence-electron chi connectivity index (χ1n) is 12.1. The summed E-state index contributed by atoms with van der Waals surface area (Å²) in [5.41, 5.74) is 4.92. The van der Waals surface area contributed by atoms with E-state index in [9.17, 15) is 24.8 Å². The second kappa shape index (κ2) is 10.9. The molecule has 4 atom stereocenters. The summed E-state index contributed by atoms with van der Waals surface area (Å²) in [6.45, 7) is 0.277. The van der Waals surface area contributed by atoms with Crippen molar-refractivity contribution in [3.8, 4) is 0 Å². The molecular formula is C28H26N4O6. The molecule has 0 aliphatic carbocycles. The number of ether oxygens (including phenoxy) is 1. The van der Waals surface area contributed by atoms with Crippen molar-refractivity contribution < 1.29 is 24.4 Å². The number of benzene rings is 3. The summed E-state index contributed by atoms with van der Waals surface area (Å²) in [5, 5.41) is 23.7. The number of nitro benzene ring substituents is 1. The molecule has 0 aromatic heterocycles. The van der Waals surface area contributed by atoms with Crippen LogP contribution in [0.1, 0.15) is 5.56 Å². The van der Waals surface area contributed by atoms with Crippen LogP contribution in [0.4, 0.5) is 17.1 Å². The summed E-state index contributed by atoms with van der Waals surface area (Å²) in [4.78, 5) is 38.7. The van der Waals surface area contributed by atoms with E-state index in [0.717, 1.165) is 10.5 Å². The third-order valence-corrected chi connectivity index (χ3v) is 6.60. The highest BCUT2D eigenvalue weighted by atomic mass is 16.6. The molecule has 3 aromatic carbocycles. The third kappa shape index (κ3) is 5.05. The van der Waals surface area contributed by atoms with Crippen LogP contribution in [-0.4, -0.2) is 51.6 Å². The summed E-state index contributed by atoms with van der Waals surface area (Å²) in [6, 6.07) is 22.2. The maximum absolute atomic E-state index is 13.6. The fraction of sp³-hybridized carbons (Fsp3) is 0.214. The number of imide groups is 1. The van der Waals surface area contributed by atoms with Crippen LogP contribution in [0.5, 0.6) is 0 Å². The van der Waals surface area contributed by atoms with Gasteiger partial charge in [-0.15, -0.1) is 0 Å². The van der Waals surface area contributed by atoms with Crippen molar-refractivity contribution in [2.24, 2.45) is 5.92 Å². The molecule has 4 unspecified atom stereocenters. The van der Waals surface area contributed by atoms with Crippen LogP contribution >= 0.6 is 0 Å². The highest BCUT2D eigenvalue weighted by Gasteiger charge is 2.54. The van der Waals surface area contributed by atoms with Gasteiger partial charge in [0.25, 0.3) is 11.6 Å². The Morgan fingerprint density at radius 1 is 0.921 bits per heavy atom. The average molecular weight is 515 g/mol. The monoisotopic (exact) mass is 514 g/mol. The Labute approximate surface area is 218 Å². The van der Waals surface area contributed by atoms with E-state index in [4.69, 9.17) is 4.74 Å². The first-order chi connectivity index (χ1) is 18.4. The second-order valence-corrected chi connectivity index (χ2v) is 9.08. The zero-order chi connectivity index (χ0) is 26.6. The van der Waals surface area contributed by atoms with Gasteiger partial charge in [0.2, 0.25) is 5.91 Å². The van der Waals surface area contributed by atoms with Crippen molar-refractivity contribution in [3.63, 3.8) is 0 Å². The van der Waals surface area contributed by atoms with E-state index < -0.39 is 34.9 Å². The summed E-state index contributed by atoms with van der Waals surface area (Å²) >= 11 is 0. The number of para-hydroxylation sites is 1. The van der Waals surface area contributed by atoms with Gasteiger partial charge in [-0.2, -0.15) is 0 Å². The number of non-ortho nitro benzene ring substituents is 1. The number of nitro groups is 1. The van der Waals surface area contributed by atoms with Gasteiger partial charge < -0.3 is 15.3 Å². The molecule has 2 aliphatic rings.